The maximum Gasteiger partial charge on any atom is 0.323 e. The van der Waals surface area contributed by atoms with Gasteiger partial charge in [0.2, 0.25) is 0 Å². The lowest BCUT2D eigenvalue weighted by Crippen LogP contribution is -2.57. The molecule has 2 aromatic carbocycles. The van der Waals surface area contributed by atoms with E-state index in [9.17, 15) is 9.90 Å². The third-order valence-corrected chi connectivity index (χ3v) is 7.37. The second kappa shape index (κ2) is 9.19. The van der Waals surface area contributed by atoms with E-state index in [0.29, 0.717) is 30.5 Å². The first kappa shape index (κ1) is 21.4. The van der Waals surface area contributed by atoms with Crippen LogP contribution < -0.4 is 10.2 Å². The van der Waals surface area contributed by atoms with Crippen molar-refractivity contribution in [3.8, 4) is 23.5 Å². The highest BCUT2D eigenvalue weighted by Gasteiger charge is 2.30. The number of nitrogens with one attached hydrogen (secondary N) is 1. The quantitative estimate of drug-likeness (QED) is 0.434. The molecule has 2 amide bonds. The molecule has 3 heterocycles. The van der Waals surface area contributed by atoms with Crippen LogP contribution in [0.25, 0.3) is 21.3 Å². The van der Waals surface area contributed by atoms with E-state index in [1.165, 1.54) is 21.6 Å². The summed E-state index contributed by atoms with van der Waals surface area (Å²) in [7, 11) is 0. The molecule has 0 radical (unpaired) electrons. The Bertz CT molecular complexity index is 1320. The van der Waals surface area contributed by atoms with Gasteiger partial charge < -0.3 is 14.9 Å². The van der Waals surface area contributed by atoms with E-state index in [0.717, 1.165) is 16.8 Å². The molecule has 4 aromatic rings. The Morgan fingerprint density at radius 3 is 2.82 bits per heavy atom. The van der Waals surface area contributed by atoms with Crippen molar-refractivity contribution in [2.24, 2.45) is 0 Å². The molecule has 166 valence electrons. The molecule has 0 unspecified atom stereocenters. The summed E-state index contributed by atoms with van der Waals surface area (Å²) in [5.41, 5.74) is 6.25. The highest BCUT2D eigenvalue weighted by molar-refractivity contribution is 7.17. The summed E-state index contributed by atoms with van der Waals surface area (Å²) >= 11 is 2.95. The SMILES string of the molecule is C#Cc1nc(NC(=O)N2CCN(c3ccc(-c4cccc5ncsc45)cc3)C[C@H]2CO)cs1. The maximum atomic E-state index is 12.8. The second-order valence-electron chi connectivity index (χ2n) is 7.64. The second-order valence-corrected chi connectivity index (χ2v) is 9.35. The van der Waals surface area contributed by atoms with Gasteiger partial charge >= 0.3 is 6.03 Å². The van der Waals surface area contributed by atoms with E-state index < -0.39 is 0 Å². The number of carbonyl (C=O) groups is 1. The molecular weight excluding hydrogens is 454 g/mol. The molecule has 9 heteroatoms. The van der Waals surface area contributed by atoms with Gasteiger partial charge in [0.15, 0.2) is 5.01 Å². The Hall–Kier alpha value is -3.45. The first-order valence-corrected chi connectivity index (χ1v) is 12.2. The molecule has 0 saturated carbocycles. The summed E-state index contributed by atoms with van der Waals surface area (Å²) in [5.74, 6) is 2.89. The number of hydrogen-bond donors (Lipinski definition) is 2. The minimum Gasteiger partial charge on any atom is -0.394 e. The smallest absolute Gasteiger partial charge is 0.323 e. The average molecular weight is 476 g/mol. The van der Waals surface area contributed by atoms with Crippen molar-refractivity contribution in [1.29, 1.82) is 0 Å². The highest BCUT2D eigenvalue weighted by Crippen LogP contribution is 2.32. The van der Waals surface area contributed by atoms with E-state index in [1.54, 1.807) is 21.6 Å². The van der Waals surface area contributed by atoms with Gasteiger partial charge in [-0.2, -0.15) is 0 Å². The monoisotopic (exact) mass is 475 g/mol. The third-order valence-electron chi connectivity index (χ3n) is 5.72. The van der Waals surface area contributed by atoms with Crippen LogP contribution >= 0.6 is 22.7 Å². The molecule has 1 fully saturated rings. The van der Waals surface area contributed by atoms with E-state index in [4.69, 9.17) is 6.42 Å². The molecule has 33 heavy (non-hydrogen) atoms. The zero-order valence-corrected chi connectivity index (χ0v) is 19.3. The summed E-state index contributed by atoms with van der Waals surface area (Å²) in [6.07, 6.45) is 5.35. The zero-order valence-electron chi connectivity index (χ0n) is 17.6. The molecule has 0 aliphatic carbocycles. The van der Waals surface area contributed by atoms with E-state index >= 15 is 0 Å². The number of nitrogens with zero attached hydrogens (tertiary/aromatic N) is 4. The van der Waals surface area contributed by atoms with Crippen molar-refractivity contribution in [2.45, 2.75) is 6.04 Å². The number of aliphatic hydroxyl groups excluding tert-OH is 1. The summed E-state index contributed by atoms with van der Waals surface area (Å²) in [4.78, 5) is 25.2. The minimum absolute atomic E-state index is 0.123. The van der Waals surface area contributed by atoms with Crippen molar-refractivity contribution in [3.05, 3.63) is 58.4 Å². The Labute approximate surface area is 199 Å². The number of aliphatic hydroxyl groups is 1. The minimum atomic E-state index is -0.324. The molecule has 1 saturated heterocycles. The normalized spacial score (nSPS) is 16.1. The molecule has 2 aromatic heterocycles. The number of aromatic nitrogens is 2. The van der Waals surface area contributed by atoms with Gasteiger partial charge in [0.05, 0.1) is 28.4 Å². The fraction of sp³-hybridized carbons (Fsp3) is 0.208. The number of carbonyl (C=O) groups excluding carboxylic acids is 1. The molecule has 1 aliphatic rings. The molecule has 7 nitrogen and oxygen atoms in total. The number of benzene rings is 2. The van der Waals surface area contributed by atoms with Gasteiger partial charge in [0, 0.05) is 36.3 Å². The van der Waals surface area contributed by atoms with Crippen LogP contribution in [0.2, 0.25) is 0 Å². The number of piperazine rings is 1. The lowest BCUT2D eigenvalue weighted by atomic mass is 10.0. The van der Waals surface area contributed by atoms with Crippen LogP contribution in [0.4, 0.5) is 16.3 Å². The van der Waals surface area contributed by atoms with Gasteiger partial charge in [-0.05, 0) is 29.7 Å². The largest absolute Gasteiger partial charge is 0.394 e. The molecular formula is C24H21N5O2S2. The summed E-state index contributed by atoms with van der Waals surface area (Å²) < 4.78 is 1.18. The number of amides is 2. The number of rotatable bonds is 4. The fourth-order valence-electron chi connectivity index (χ4n) is 4.06. The topological polar surface area (TPSA) is 81.6 Å². The van der Waals surface area contributed by atoms with E-state index in [-0.39, 0.29) is 18.7 Å². The van der Waals surface area contributed by atoms with Gasteiger partial charge in [-0.3, -0.25) is 5.32 Å². The fourth-order valence-corrected chi connectivity index (χ4v) is 5.44. The van der Waals surface area contributed by atoms with E-state index in [2.05, 4.69) is 56.4 Å². The maximum absolute atomic E-state index is 12.8. The Morgan fingerprint density at radius 2 is 2.06 bits per heavy atom. The predicted octanol–water partition coefficient (Wildman–Crippen LogP) is 4.12. The van der Waals surface area contributed by atoms with Gasteiger partial charge in [0.25, 0.3) is 0 Å². The molecule has 1 aliphatic heterocycles. The van der Waals surface area contributed by atoms with Crippen LogP contribution in [-0.4, -0.2) is 58.3 Å². The summed E-state index contributed by atoms with van der Waals surface area (Å²) in [5, 5.41) is 15.0. The highest BCUT2D eigenvalue weighted by atomic mass is 32.1. The third kappa shape index (κ3) is 4.28. The van der Waals surface area contributed by atoms with Crippen LogP contribution in [0, 0.1) is 12.3 Å². The molecule has 0 bridgehead atoms. The first-order chi connectivity index (χ1) is 16.2. The number of thiazole rings is 2. The Kier molecular flexibility index (Phi) is 5.96. The van der Waals surface area contributed by atoms with Crippen LogP contribution in [0.15, 0.2) is 53.4 Å². The number of anilines is 2. The molecule has 1 atom stereocenters. The molecule has 5 rings (SSSR count). The van der Waals surface area contributed by atoms with E-state index in [1.807, 2.05) is 17.6 Å². The van der Waals surface area contributed by atoms with Crippen LogP contribution in [0.5, 0.6) is 0 Å². The van der Waals surface area contributed by atoms with Gasteiger partial charge in [0.1, 0.15) is 5.82 Å². The zero-order chi connectivity index (χ0) is 22.8. The Morgan fingerprint density at radius 1 is 1.21 bits per heavy atom. The standard InChI is InChI=1S/C24H21N5O2S2/c1-2-22-26-21(14-32-22)27-24(31)29-11-10-28(12-18(29)13-30)17-8-6-16(7-9-17)19-4-3-5-20-23(19)33-15-25-20/h1,3-9,14-15,18,30H,10-13H2,(H,27,31)/t18-/m0/s1. The number of urea groups is 1. The van der Waals surface area contributed by atoms with Crippen LogP contribution in [0.3, 0.4) is 0 Å². The van der Waals surface area contributed by atoms with Crippen molar-refractivity contribution < 1.29 is 9.90 Å². The Balaban J connectivity index is 1.28. The lowest BCUT2D eigenvalue weighted by molar-refractivity contribution is 0.132. The van der Waals surface area contributed by atoms with Crippen molar-refractivity contribution >= 4 is 50.4 Å². The van der Waals surface area contributed by atoms with Gasteiger partial charge in [-0.25, -0.2) is 14.8 Å². The number of fused-ring (bicyclic) bond motifs is 1. The summed E-state index contributed by atoms with van der Waals surface area (Å²) in [6, 6.07) is 14.0. The number of hydrogen-bond acceptors (Lipinski definition) is 7. The van der Waals surface area contributed by atoms with Gasteiger partial charge in [-0.1, -0.05) is 24.3 Å². The summed E-state index contributed by atoms with van der Waals surface area (Å²) in [6.45, 7) is 1.58. The average Bonchev–Trinajstić information content (AvgIpc) is 3.53. The lowest BCUT2D eigenvalue weighted by Gasteiger charge is -2.41. The molecule has 2 N–H and O–H groups in total. The molecule has 0 spiro atoms. The van der Waals surface area contributed by atoms with Crippen molar-refractivity contribution in [1.82, 2.24) is 14.9 Å². The van der Waals surface area contributed by atoms with Crippen molar-refractivity contribution in [3.63, 3.8) is 0 Å². The van der Waals surface area contributed by atoms with Crippen molar-refractivity contribution in [2.75, 3.05) is 36.5 Å². The van der Waals surface area contributed by atoms with Gasteiger partial charge in [-0.15, -0.1) is 29.1 Å². The number of terminal acetylenes is 1. The predicted molar refractivity (Wildman–Crippen MR) is 134 cm³/mol. The van der Waals surface area contributed by atoms with Crippen LogP contribution in [-0.2, 0) is 0 Å². The first-order valence-electron chi connectivity index (χ1n) is 10.4. The van der Waals surface area contributed by atoms with Crippen LogP contribution in [0.1, 0.15) is 5.01 Å².